The molecule has 0 amide bonds. The Labute approximate surface area is 138 Å². The Hall–Kier alpha value is -1.66. The highest BCUT2D eigenvalue weighted by Gasteiger charge is 2.32. The molecule has 0 atom stereocenters. The maximum Gasteiger partial charge on any atom is 0.264 e. The summed E-state index contributed by atoms with van der Waals surface area (Å²) in [5.41, 5.74) is 3.59. The molecule has 1 aliphatic rings. The molecule has 0 aliphatic carbocycles. The van der Waals surface area contributed by atoms with Gasteiger partial charge in [0.25, 0.3) is 10.0 Å². The normalized spacial score (nSPS) is 18.5. The highest BCUT2D eigenvalue weighted by atomic mass is 32.2. The van der Waals surface area contributed by atoms with E-state index in [0.29, 0.717) is 41.6 Å². The quantitative estimate of drug-likeness (QED) is 0.812. The molecule has 23 heavy (non-hydrogen) atoms. The van der Waals surface area contributed by atoms with Crippen LogP contribution < -0.4 is 4.72 Å². The zero-order valence-electron chi connectivity index (χ0n) is 14.1. The standard InChI is InChI=1S/C17H24N2O3S/c1-5-22-10-6-9-18-17-14(4)16(23(20,21)19-17)15-8-7-12(2)13(3)11-15/h7-8,11H,5-6,9-10H2,1-4H3,(H,18,19). The van der Waals surface area contributed by atoms with E-state index in [-0.39, 0.29) is 0 Å². The summed E-state index contributed by atoms with van der Waals surface area (Å²) in [6.07, 6.45) is 0.769. The molecule has 0 spiro atoms. The van der Waals surface area contributed by atoms with E-state index in [1.165, 1.54) is 0 Å². The minimum Gasteiger partial charge on any atom is -0.382 e. The number of hydrogen-bond donors (Lipinski definition) is 1. The van der Waals surface area contributed by atoms with Gasteiger partial charge in [0.15, 0.2) is 0 Å². The largest absolute Gasteiger partial charge is 0.382 e. The van der Waals surface area contributed by atoms with Gasteiger partial charge in [0.2, 0.25) is 0 Å². The van der Waals surface area contributed by atoms with Crippen LogP contribution in [-0.4, -0.2) is 34.0 Å². The molecule has 5 nitrogen and oxygen atoms in total. The van der Waals surface area contributed by atoms with Gasteiger partial charge in [-0.2, -0.15) is 0 Å². The number of ether oxygens (including phenoxy) is 1. The lowest BCUT2D eigenvalue weighted by Crippen LogP contribution is -2.24. The fraction of sp³-hybridized carbons (Fsp3) is 0.471. The van der Waals surface area contributed by atoms with E-state index in [9.17, 15) is 8.42 Å². The fourth-order valence-corrected chi connectivity index (χ4v) is 3.98. The van der Waals surface area contributed by atoms with Crippen molar-refractivity contribution in [2.24, 2.45) is 4.99 Å². The summed E-state index contributed by atoms with van der Waals surface area (Å²) in [5, 5.41) is 0. The van der Waals surface area contributed by atoms with Crippen LogP contribution in [0.2, 0.25) is 0 Å². The van der Waals surface area contributed by atoms with Crippen molar-refractivity contribution < 1.29 is 13.2 Å². The summed E-state index contributed by atoms with van der Waals surface area (Å²) in [5.74, 6) is 0.440. The molecule has 2 rings (SSSR count). The monoisotopic (exact) mass is 336 g/mol. The second-order valence-corrected chi connectivity index (χ2v) is 7.26. The highest BCUT2D eigenvalue weighted by molar-refractivity contribution is 8.00. The lowest BCUT2D eigenvalue weighted by molar-refractivity contribution is 0.146. The van der Waals surface area contributed by atoms with Crippen LogP contribution in [0.25, 0.3) is 4.91 Å². The van der Waals surface area contributed by atoms with E-state index in [1.54, 1.807) is 6.92 Å². The molecular formula is C17H24N2O3S. The van der Waals surface area contributed by atoms with Crippen LogP contribution in [0.5, 0.6) is 0 Å². The number of nitrogens with one attached hydrogen (secondary N) is 1. The van der Waals surface area contributed by atoms with Gasteiger partial charge in [-0.05, 0) is 50.8 Å². The van der Waals surface area contributed by atoms with Crippen molar-refractivity contribution >= 4 is 20.8 Å². The Bertz CT molecular complexity index is 749. The van der Waals surface area contributed by atoms with Crippen molar-refractivity contribution in [2.75, 3.05) is 19.8 Å². The molecule has 1 N–H and O–H groups in total. The molecule has 0 fully saturated rings. The molecule has 0 bridgehead atoms. The number of hydrogen-bond acceptors (Lipinski definition) is 4. The van der Waals surface area contributed by atoms with Crippen LogP contribution in [0.1, 0.15) is 37.0 Å². The van der Waals surface area contributed by atoms with Crippen molar-refractivity contribution in [3.8, 4) is 0 Å². The van der Waals surface area contributed by atoms with Crippen molar-refractivity contribution in [3.05, 3.63) is 40.5 Å². The molecule has 1 aliphatic heterocycles. The van der Waals surface area contributed by atoms with E-state index in [0.717, 1.165) is 17.5 Å². The third-order valence-electron chi connectivity index (χ3n) is 3.89. The minimum absolute atomic E-state index is 0.323. The van der Waals surface area contributed by atoms with Crippen molar-refractivity contribution in [1.82, 2.24) is 4.72 Å². The van der Waals surface area contributed by atoms with Gasteiger partial charge in [0, 0.05) is 25.3 Å². The lowest BCUT2D eigenvalue weighted by atomic mass is 10.0. The third kappa shape index (κ3) is 4.00. The first kappa shape index (κ1) is 17.7. The molecule has 0 saturated carbocycles. The first-order valence-corrected chi connectivity index (χ1v) is 9.29. The first-order chi connectivity index (χ1) is 10.9. The molecule has 1 heterocycles. The number of benzene rings is 1. The number of amidine groups is 1. The van der Waals surface area contributed by atoms with E-state index in [2.05, 4.69) is 9.71 Å². The predicted molar refractivity (Wildman–Crippen MR) is 94.0 cm³/mol. The smallest absolute Gasteiger partial charge is 0.264 e. The lowest BCUT2D eigenvalue weighted by Gasteiger charge is -2.06. The van der Waals surface area contributed by atoms with Gasteiger partial charge >= 0.3 is 0 Å². The predicted octanol–water partition coefficient (Wildman–Crippen LogP) is 2.79. The molecule has 0 unspecified atom stereocenters. The molecule has 126 valence electrons. The van der Waals surface area contributed by atoms with E-state index in [4.69, 9.17) is 4.74 Å². The second-order valence-electron chi connectivity index (χ2n) is 5.64. The molecule has 0 aromatic heterocycles. The number of aliphatic imine (C=N–C) groups is 1. The Balaban J connectivity index is 2.29. The summed E-state index contributed by atoms with van der Waals surface area (Å²) < 4.78 is 32.7. The summed E-state index contributed by atoms with van der Waals surface area (Å²) in [6.45, 7) is 9.57. The maximum absolute atomic E-state index is 12.4. The Morgan fingerprint density at radius 2 is 1.91 bits per heavy atom. The van der Waals surface area contributed by atoms with Crippen LogP contribution in [0.15, 0.2) is 28.8 Å². The topological polar surface area (TPSA) is 67.8 Å². The van der Waals surface area contributed by atoms with Crippen molar-refractivity contribution in [3.63, 3.8) is 0 Å². The number of rotatable bonds is 6. The van der Waals surface area contributed by atoms with Crippen LogP contribution >= 0.6 is 0 Å². The van der Waals surface area contributed by atoms with Gasteiger partial charge < -0.3 is 4.74 Å². The van der Waals surface area contributed by atoms with Crippen LogP contribution in [0.4, 0.5) is 0 Å². The summed E-state index contributed by atoms with van der Waals surface area (Å²) >= 11 is 0. The van der Waals surface area contributed by atoms with Gasteiger partial charge in [-0.25, -0.2) is 8.42 Å². The number of sulfonamides is 1. The van der Waals surface area contributed by atoms with Crippen molar-refractivity contribution in [1.29, 1.82) is 0 Å². The average molecular weight is 336 g/mol. The van der Waals surface area contributed by atoms with Crippen LogP contribution in [0.3, 0.4) is 0 Å². The fourth-order valence-electron chi connectivity index (χ4n) is 2.47. The third-order valence-corrected chi connectivity index (χ3v) is 5.43. The van der Waals surface area contributed by atoms with Crippen LogP contribution in [-0.2, 0) is 14.8 Å². The van der Waals surface area contributed by atoms with Gasteiger partial charge in [0.05, 0.1) is 0 Å². The Kier molecular flexibility index (Phi) is 5.59. The Morgan fingerprint density at radius 3 is 2.57 bits per heavy atom. The highest BCUT2D eigenvalue weighted by Crippen LogP contribution is 2.30. The SMILES string of the molecule is CCOCCCN=C1NS(=O)(=O)C(c2ccc(C)c(C)c2)=C1C. The number of aryl methyl sites for hydroxylation is 2. The molecular weight excluding hydrogens is 312 g/mol. The van der Waals surface area contributed by atoms with Gasteiger partial charge in [-0.1, -0.05) is 18.2 Å². The zero-order chi connectivity index (χ0) is 17.0. The summed E-state index contributed by atoms with van der Waals surface area (Å²) in [4.78, 5) is 4.70. The minimum atomic E-state index is -3.55. The second kappa shape index (κ2) is 7.27. The maximum atomic E-state index is 12.4. The first-order valence-electron chi connectivity index (χ1n) is 7.80. The molecule has 1 aromatic rings. The zero-order valence-corrected chi connectivity index (χ0v) is 15.0. The van der Waals surface area contributed by atoms with Crippen molar-refractivity contribution in [2.45, 2.75) is 34.1 Å². The molecule has 0 saturated heterocycles. The average Bonchev–Trinajstić information content (AvgIpc) is 2.71. The van der Waals surface area contributed by atoms with E-state index in [1.807, 2.05) is 39.0 Å². The van der Waals surface area contributed by atoms with Gasteiger partial charge in [0.1, 0.15) is 10.7 Å². The van der Waals surface area contributed by atoms with Gasteiger partial charge in [-0.3, -0.25) is 9.71 Å². The van der Waals surface area contributed by atoms with Crippen LogP contribution in [0, 0.1) is 13.8 Å². The molecule has 6 heteroatoms. The van der Waals surface area contributed by atoms with E-state index < -0.39 is 10.0 Å². The number of nitrogens with zero attached hydrogens (tertiary/aromatic N) is 1. The summed E-state index contributed by atoms with van der Waals surface area (Å²) in [6, 6.07) is 5.70. The van der Waals surface area contributed by atoms with Gasteiger partial charge in [-0.15, -0.1) is 0 Å². The molecule has 0 radical (unpaired) electrons. The summed E-state index contributed by atoms with van der Waals surface area (Å²) in [7, 11) is -3.55. The Morgan fingerprint density at radius 1 is 1.17 bits per heavy atom. The molecule has 1 aromatic carbocycles. The van der Waals surface area contributed by atoms with E-state index >= 15 is 0 Å².